The second kappa shape index (κ2) is 8.26. The third kappa shape index (κ3) is 4.19. The summed E-state index contributed by atoms with van der Waals surface area (Å²) in [6, 6.07) is 2.41. The molecule has 2 heteroatoms. The zero-order chi connectivity index (χ0) is 13.5. The lowest BCUT2D eigenvalue weighted by atomic mass is 9.97. The van der Waals surface area contributed by atoms with Gasteiger partial charge in [-0.25, -0.2) is 0 Å². The standard InChI is InChI=1S/C17H34N2/c1-3-15-11-7-6-10-14-19(15)17-13-9-5-8-12-16(17)18-4-2/h15-18H,3-14H2,1-2H3. The van der Waals surface area contributed by atoms with Crippen molar-refractivity contribution in [1.82, 2.24) is 10.2 Å². The van der Waals surface area contributed by atoms with E-state index >= 15 is 0 Å². The molecule has 1 aliphatic carbocycles. The molecule has 2 nitrogen and oxygen atoms in total. The summed E-state index contributed by atoms with van der Waals surface area (Å²) in [5, 5.41) is 3.80. The molecule has 0 spiro atoms. The van der Waals surface area contributed by atoms with Crippen LogP contribution in [0.25, 0.3) is 0 Å². The number of likely N-dealkylation sites (tertiary alicyclic amines) is 1. The largest absolute Gasteiger partial charge is 0.313 e. The van der Waals surface area contributed by atoms with Crippen LogP contribution in [-0.2, 0) is 0 Å². The highest BCUT2D eigenvalue weighted by molar-refractivity contribution is 4.90. The smallest absolute Gasteiger partial charge is 0.0252 e. The van der Waals surface area contributed by atoms with Gasteiger partial charge < -0.3 is 5.32 Å². The maximum Gasteiger partial charge on any atom is 0.0252 e. The third-order valence-corrected chi connectivity index (χ3v) is 5.27. The Labute approximate surface area is 120 Å². The summed E-state index contributed by atoms with van der Waals surface area (Å²) in [5.74, 6) is 0. The van der Waals surface area contributed by atoms with Crippen molar-refractivity contribution < 1.29 is 0 Å². The molecule has 0 aromatic carbocycles. The van der Waals surface area contributed by atoms with Gasteiger partial charge >= 0.3 is 0 Å². The van der Waals surface area contributed by atoms with Gasteiger partial charge in [0.2, 0.25) is 0 Å². The molecule has 3 atom stereocenters. The first kappa shape index (κ1) is 15.3. The van der Waals surface area contributed by atoms with Crippen LogP contribution in [0.1, 0.15) is 78.1 Å². The van der Waals surface area contributed by atoms with Gasteiger partial charge in [-0.05, 0) is 45.2 Å². The highest BCUT2D eigenvalue weighted by Crippen LogP contribution is 2.29. The normalized spacial score (nSPS) is 34.7. The summed E-state index contributed by atoms with van der Waals surface area (Å²) in [6.07, 6.45) is 14.2. The van der Waals surface area contributed by atoms with E-state index in [0.717, 1.165) is 24.7 Å². The van der Waals surface area contributed by atoms with Gasteiger partial charge in [-0.15, -0.1) is 0 Å². The van der Waals surface area contributed by atoms with Crippen LogP contribution >= 0.6 is 0 Å². The Morgan fingerprint density at radius 2 is 1.63 bits per heavy atom. The zero-order valence-corrected chi connectivity index (χ0v) is 13.2. The number of hydrogen-bond acceptors (Lipinski definition) is 2. The molecule has 2 rings (SSSR count). The molecule has 1 aliphatic heterocycles. The van der Waals surface area contributed by atoms with Crippen LogP contribution in [0.15, 0.2) is 0 Å². The van der Waals surface area contributed by atoms with Gasteiger partial charge in [0.25, 0.3) is 0 Å². The predicted octanol–water partition coefficient (Wildman–Crippen LogP) is 3.95. The summed E-state index contributed by atoms with van der Waals surface area (Å²) in [6.45, 7) is 7.14. The fourth-order valence-corrected chi connectivity index (χ4v) is 4.26. The van der Waals surface area contributed by atoms with Crippen LogP contribution in [0.3, 0.4) is 0 Å². The number of nitrogens with zero attached hydrogens (tertiary/aromatic N) is 1. The number of likely N-dealkylation sites (N-methyl/N-ethyl adjacent to an activating group) is 1. The Hall–Kier alpha value is -0.0800. The third-order valence-electron chi connectivity index (χ3n) is 5.27. The second-order valence-electron chi connectivity index (χ2n) is 6.52. The van der Waals surface area contributed by atoms with Gasteiger partial charge in [-0.1, -0.05) is 46.0 Å². The minimum absolute atomic E-state index is 0.750. The van der Waals surface area contributed by atoms with Crippen molar-refractivity contribution in [3.05, 3.63) is 0 Å². The molecule has 1 heterocycles. The maximum atomic E-state index is 3.80. The minimum atomic E-state index is 0.750. The monoisotopic (exact) mass is 266 g/mol. The van der Waals surface area contributed by atoms with E-state index in [9.17, 15) is 0 Å². The molecule has 0 aromatic rings. The first-order valence-corrected chi connectivity index (χ1v) is 8.86. The van der Waals surface area contributed by atoms with Crippen molar-refractivity contribution in [2.75, 3.05) is 13.1 Å². The number of nitrogens with one attached hydrogen (secondary N) is 1. The SMILES string of the molecule is CCNC1CCCCCC1N1CCCCCC1CC. The molecule has 112 valence electrons. The quantitative estimate of drug-likeness (QED) is 0.775. The minimum Gasteiger partial charge on any atom is -0.313 e. The highest BCUT2D eigenvalue weighted by Gasteiger charge is 2.32. The van der Waals surface area contributed by atoms with E-state index in [-0.39, 0.29) is 0 Å². The van der Waals surface area contributed by atoms with Gasteiger partial charge in [0, 0.05) is 18.1 Å². The molecule has 0 bridgehead atoms. The molecule has 3 unspecified atom stereocenters. The van der Waals surface area contributed by atoms with Gasteiger partial charge in [0.1, 0.15) is 0 Å². The summed E-state index contributed by atoms with van der Waals surface area (Å²) < 4.78 is 0. The first-order chi connectivity index (χ1) is 9.36. The number of rotatable bonds is 4. The fraction of sp³-hybridized carbons (Fsp3) is 1.00. The van der Waals surface area contributed by atoms with Crippen LogP contribution in [0.5, 0.6) is 0 Å². The highest BCUT2D eigenvalue weighted by atomic mass is 15.2. The van der Waals surface area contributed by atoms with Crippen molar-refractivity contribution in [3.63, 3.8) is 0 Å². The Balaban J connectivity index is 2.08. The molecular weight excluding hydrogens is 232 g/mol. The van der Waals surface area contributed by atoms with E-state index in [2.05, 4.69) is 24.1 Å². The van der Waals surface area contributed by atoms with Gasteiger partial charge in [0.05, 0.1) is 0 Å². The van der Waals surface area contributed by atoms with Crippen LogP contribution in [0.2, 0.25) is 0 Å². The van der Waals surface area contributed by atoms with Crippen LogP contribution < -0.4 is 5.32 Å². The van der Waals surface area contributed by atoms with Gasteiger partial charge in [0.15, 0.2) is 0 Å². The van der Waals surface area contributed by atoms with Gasteiger partial charge in [-0.2, -0.15) is 0 Å². The van der Waals surface area contributed by atoms with Crippen molar-refractivity contribution in [2.24, 2.45) is 0 Å². The maximum absolute atomic E-state index is 3.80. The van der Waals surface area contributed by atoms with Crippen molar-refractivity contribution in [3.8, 4) is 0 Å². The molecule has 1 saturated carbocycles. The van der Waals surface area contributed by atoms with E-state index in [1.54, 1.807) is 0 Å². The Morgan fingerprint density at radius 1 is 0.895 bits per heavy atom. The van der Waals surface area contributed by atoms with Crippen LogP contribution in [0, 0.1) is 0 Å². The predicted molar refractivity (Wildman–Crippen MR) is 83.6 cm³/mol. The summed E-state index contributed by atoms with van der Waals surface area (Å²) in [7, 11) is 0. The van der Waals surface area contributed by atoms with E-state index in [1.165, 1.54) is 70.8 Å². The summed E-state index contributed by atoms with van der Waals surface area (Å²) in [4.78, 5) is 2.91. The lowest BCUT2D eigenvalue weighted by molar-refractivity contribution is 0.0978. The van der Waals surface area contributed by atoms with Crippen LogP contribution in [0.4, 0.5) is 0 Å². The van der Waals surface area contributed by atoms with Crippen molar-refractivity contribution in [2.45, 2.75) is 96.2 Å². The van der Waals surface area contributed by atoms with Crippen LogP contribution in [-0.4, -0.2) is 36.1 Å². The molecule has 0 amide bonds. The molecule has 0 aromatic heterocycles. The molecule has 1 N–H and O–H groups in total. The molecule has 1 saturated heterocycles. The Morgan fingerprint density at radius 3 is 2.42 bits per heavy atom. The van der Waals surface area contributed by atoms with E-state index in [0.29, 0.717) is 0 Å². The second-order valence-corrected chi connectivity index (χ2v) is 6.52. The van der Waals surface area contributed by atoms with E-state index < -0.39 is 0 Å². The summed E-state index contributed by atoms with van der Waals surface area (Å²) in [5.41, 5.74) is 0. The lowest BCUT2D eigenvalue weighted by Gasteiger charge is -2.40. The first-order valence-electron chi connectivity index (χ1n) is 8.86. The molecule has 2 aliphatic rings. The summed E-state index contributed by atoms with van der Waals surface area (Å²) >= 11 is 0. The molecular formula is C17H34N2. The number of hydrogen-bond donors (Lipinski definition) is 1. The van der Waals surface area contributed by atoms with Gasteiger partial charge in [-0.3, -0.25) is 4.90 Å². The average Bonchev–Trinajstić information content (AvgIpc) is 2.78. The van der Waals surface area contributed by atoms with E-state index in [1.807, 2.05) is 0 Å². The fourth-order valence-electron chi connectivity index (χ4n) is 4.26. The van der Waals surface area contributed by atoms with Crippen molar-refractivity contribution in [1.29, 1.82) is 0 Å². The molecule has 0 radical (unpaired) electrons. The molecule has 19 heavy (non-hydrogen) atoms. The lowest BCUT2D eigenvalue weighted by Crippen LogP contribution is -2.53. The van der Waals surface area contributed by atoms with E-state index in [4.69, 9.17) is 0 Å². The molecule has 2 fully saturated rings. The Kier molecular flexibility index (Phi) is 6.66. The zero-order valence-electron chi connectivity index (χ0n) is 13.2. The average molecular weight is 266 g/mol. The topological polar surface area (TPSA) is 15.3 Å². The Bertz CT molecular complexity index is 241. The van der Waals surface area contributed by atoms with Crippen molar-refractivity contribution >= 4 is 0 Å².